The largest absolute Gasteiger partial charge is 0.394 e. The summed E-state index contributed by atoms with van der Waals surface area (Å²) in [5, 5.41) is 103. The molecule has 3 heterocycles. The van der Waals surface area contributed by atoms with Crippen LogP contribution in [0, 0.1) is 17.2 Å². The molecule has 0 aromatic rings. The van der Waals surface area contributed by atoms with Crippen molar-refractivity contribution in [2.45, 2.75) is 148 Å². The maximum absolute atomic E-state index is 13.4. The zero-order valence-electron chi connectivity index (χ0n) is 29.0. The van der Waals surface area contributed by atoms with Crippen molar-refractivity contribution in [3.05, 3.63) is 0 Å². The van der Waals surface area contributed by atoms with Gasteiger partial charge in [-0.3, -0.25) is 10.2 Å². The highest BCUT2D eigenvalue weighted by atomic mass is 16.8. The number of carbonyl (C=O) groups excluding carboxylic acids is 1. The number of nitrogens with two attached hydrogens (primary N) is 5. The van der Waals surface area contributed by atoms with Crippen molar-refractivity contribution >= 4 is 11.6 Å². The Bertz CT molecular complexity index is 1250. The molecule has 0 unspecified atom stereocenters. The molecule has 0 spiro atoms. The third kappa shape index (κ3) is 8.71. The lowest BCUT2D eigenvalue weighted by Gasteiger charge is -2.48. The molecular formula is C31H56N6O16. The summed E-state index contributed by atoms with van der Waals surface area (Å²) in [6.07, 6.45) is -22.1. The predicted molar refractivity (Wildman–Crippen MR) is 176 cm³/mol. The number of aliphatic hydroxyl groups is 9. The van der Waals surface area contributed by atoms with Crippen LogP contribution in [0.5, 0.6) is 0 Å². The smallest absolute Gasteiger partial charge is 0.187 e. The van der Waals surface area contributed by atoms with Gasteiger partial charge in [0.1, 0.15) is 72.7 Å². The zero-order valence-corrected chi connectivity index (χ0v) is 29.0. The highest BCUT2D eigenvalue weighted by Gasteiger charge is 2.56. The summed E-state index contributed by atoms with van der Waals surface area (Å²) in [7, 11) is 0. The Morgan fingerprint density at radius 1 is 0.698 bits per heavy atom. The van der Waals surface area contributed by atoms with E-state index >= 15 is 0 Å². The lowest BCUT2D eigenvalue weighted by molar-refractivity contribution is -0.313. The first-order valence-electron chi connectivity index (χ1n) is 17.7. The number of amidine groups is 1. The third-order valence-electron chi connectivity index (χ3n) is 11.1. The van der Waals surface area contributed by atoms with Gasteiger partial charge in [-0.25, -0.2) is 0 Å². The molecule has 22 nitrogen and oxygen atoms in total. The van der Waals surface area contributed by atoms with E-state index in [1.54, 1.807) is 0 Å². The molecule has 19 atom stereocenters. The van der Waals surface area contributed by atoms with E-state index in [1.165, 1.54) is 0 Å². The lowest BCUT2D eigenvalue weighted by atomic mass is 9.65. The number of aliphatic hydroxyl groups excluding tert-OH is 8. The van der Waals surface area contributed by atoms with Crippen molar-refractivity contribution in [1.29, 1.82) is 5.41 Å². The second kappa shape index (κ2) is 17.3. The topological polar surface area (TPSA) is 408 Å². The molecule has 2 aliphatic carbocycles. The number of hydrogen-bond donors (Lipinski definition) is 15. The van der Waals surface area contributed by atoms with E-state index in [2.05, 4.69) is 0 Å². The highest BCUT2D eigenvalue weighted by Crippen LogP contribution is 2.43. The van der Waals surface area contributed by atoms with Gasteiger partial charge >= 0.3 is 0 Å². The first-order chi connectivity index (χ1) is 24.9. The number of Topliss-reactive ketones (excluding diaryl/α,β-unsaturated/α-hetero) is 1. The summed E-state index contributed by atoms with van der Waals surface area (Å²) in [6, 6.07) is -3.74. The normalized spacial score (nSPS) is 50.4. The molecule has 20 N–H and O–H groups in total. The molecular weight excluding hydrogens is 712 g/mol. The summed E-state index contributed by atoms with van der Waals surface area (Å²) >= 11 is 0. The fourth-order valence-electron chi connectivity index (χ4n) is 7.97. The molecule has 0 amide bonds. The van der Waals surface area contributed by atoms with Crippen LogP contribution < -0.4 is 28.7 Å². The minimum Gasteiger partial charge on any atom is -0.394 e. The maximum atomic E-state index is 13.4. The predicted octanol–water partition coefficient (Wildman–Crippen LogP) is -8.15. The van der Waals surface area contributed by atoms with Crippen molar-refractivity contribution in [2.75, 3.05) is 19.8 Å². The zero-order chi connectivity index (χ0) is 39.1. The minimum absolute atomic E-state index is 0.0621. The number of nitrogens with one attached hydrogen (secondary N) is 1. The fourth-order valence-corrected chi connectivity index (χ4v) is 7.97. The van der Waals surface area contributed by atoms with Crippen LogP contribution in [0.2, 0.25) is 0 Å². The van der Waals surface area contributed by atoms with Gasteiger partial charge in [0, 0.05) is 25.4 Å². The van der Waals surface area contributed by atoms with E-state index in [0.29, 0.717) is 0 Å². The van der Waals surface area contributed by atoms with Crippen LogP contribution in [0.25, 0.3) is 0 Å². The Morgan fingerprint density at radius 3 is 1.75 bits per heavy atom. The average molecular weight is 769 g/mol. The van der Waals surface area contributed by atoms with Crippen LogP contribution in [-0.4, -0.2) is 193 Å². The Balaban J connectivity index is 1.36. The molecule has 5 aliphatic rings. The van der Waals surface area contributed by atoms with Crippen LogP contribution in [0.15, 0.2) is 0 Å². The Morgan fingerprint density at radius 2 is 1.21 bits per heavy atom. The molecule has 306 valence electrons. The molecule has 0 aromatic carbocycles. The Kier molecular flexibility index (Phi) is 13.8. The fraction of sp³-hybridized carbons (Fsp3) is 0.935. The summed E-state index contributed by atoms with van der Waals surface area (Å²) in [4.78, 5) is 13.4. The quantitative estimate of drug-likeness (QED) is 0.0576. The van der Waals surface area contributed by atoms with E-state index < -0.39 is 141 Å². The number of ketones is 1. The molecule has 53 heavy (non-hydrogen) atoms. The van der Waals surface area contributed by atoms with Crippen LogP contribution in [0.1, 0.15) is 32.1 Å². The van der Waals surface area contributed by atoms with Crippen molar-refractivity contribution in [3.8, 4) is 0 Å². The summed E-state index contributed by atoms with van der Waals surface area (Å²) in [6.45, 7) is -1.66. The Hall–Kier alpha value is -1.62. The third-order valence-corrected chi connectivity index (χ3v) is 11.1. The van der Waals surface area contributed by atoms with E-state index in [0.717, 1.165) is 0 Å². The van der Waals surface area contributed by atoms with E-state index in [9.17, 15) is 50.8 Å². The maximum Gasteiger partial charge on any atom is 0.187 e. The van der Waals surface area contributed by atoms with Crippen molar-refractivity contribution < 1.29 is 79.2 Å². The van der Waals surface area contributed by atoms with Gasteiger partial charge in [0.25, 0.3) is 0 Å². The minimum atomic E-state index is -1.73. The van der Waals surface area contributed by atoms with Gasteiger partial charge in [-0.2, -0.15) is 0 Å². The van der Waals surface area contributed by atoms with Crippen molar-refractivity contribution in [1.82, 2.24) is 0 Å². The van der Waals surface area contributed by atoms with E-state index in [1.807, 2.05) is 0 Å². The molecule has 2 saturated carbocycles. The molecule has 5 rings (SSSR count). The monoisotopic (exact) mass is 768 g/mol. The van der Waals surface area contributed by atoms with Gasteiger partial charge in [-0.1, -0.05) is 0 Å². The number of hydrogen-bond acceptors (Lipinski definition) is 21. The number of ether oxygens (including phenoxy) is 6. The molecule has 3 saturated heterocycles. The van der Waals surface area contributed by atoms with Crippen LogP contribution in [-0.2, 0) is 33.2 Å². The van der Waals surface area contributed by atoms with Gasteiger partial charge in [-0.05, 0) is 31.1 Å². The molecule has 3 aliphatic heterocycles. The first kappa shape index (κ1) is 42.5. The second-order valence-corrected chi connectivity index (χ2v) is 15.0. The summed E-state index contributed by atoms with van der Waals surface area (Å²) < 4.78 is 35.1. The van der Waals surface area contributed by atoms with Crippen LogP contribution >= 0.6 is 0 Å². The molecule has 0 bridgehead atoms. The number of carbonyl (C=O) groups is 1. The van der Waals surface area contributed by atoms with Gasteiger partial charge in [0.05, 0.1) is 37.2 Å². The highest BCUT2D eigenvalue weighted by molar-refractivity contribution is 5.89. The molecule has 22 heteroatoms. The van der Waals surface area contributed by atoms with Crippen molar-refractivity contribution in [3.63, 3.8) is 0 Å². The van der Waals surface area contributed by atoms with Gasteiger partial charge < -0.3 is 103 Å². The SMILES string of the molecule is N=C(N)CC1CC(O)(C(=O)C[C@@H]2C[C@H](N)[C@@H](O[C@H]3O[C@H](CO)[C@@H](O)[C@H](O)[C@H]3N)[C@H](O[C@@H]3O[C@H](CO)[C@@H](O[C@H]4O[C@@H](CN)[C@@H](O)[C@H](O)[C@H]4N)[C@H]3O)[C@H]2O)C1. The van der Waals surface area contributed by atoms with Gasteiger partial charge in [0.2, 0.25) is 0 Å². The van der Waals surface area contributed by atoms with E-state index in [4.69, 9.17) is 62.5 Å². The summed E-state index contributed by atoms with van der Waals surface area (Å²) in [5.41, 5.74) is 28.1. The van der Waals surface area contributed by atoms with Gasteiger partial charge in [-0.15, -0.1) is 0 Å². The summed E-state index contributed by atoms with van der Waals surface area (Å²) in [5.74, 6) is -1.75. The molecule has 0 aromatic heterocycles. The first-order valence-corrected chi connectivity index (χ1v) is 17.7. The molecule has 0 radical (unpaired) electrons. The average Bonchev–Trinajstić information content (AvgIpc) is 3.40. The van der Waals surface area contributed by atoms with Gasteiger partial charge in [0.15, 0.2) is 24.7 Å². The second-order valence-electron chi connectivity index (χ2n) is 15.0. The van der Waals surface area contributed by atoms with E-state index in [-0.39, 0.29) is 50.4 Å². The lowest BCUT2D eigenvalue weighted by Crippen LogP contribution is -2.66. The van der Waals surface area contributed by atoms with Crippen LogP contribution in [0.4, 0.5) is 0 Å². The Labute approximate surface area is 304 Å². The standard InChI is InChI=1S/C31H56N6O16/c32-6-12-20(42)22(44)17(36)28(48-12)52-26-14(8-39)50-30(24(26)46)53-27-19(41)10(3-15(40)31(47)4-9(5-31)1-16(34)35)2-11(33)25(27)51-29-18(37)23(45)21(43)13(7-38)49-29/h9-14,17-30,38-39,41-47H,1-8,32-33,36-37H2,(H3,34,35)/t9?,10-,11-,12-,13+,14+,17+,18+,19-,20+,21+,22+,23+,24+,25+,26+,27+,28+,29+,30-,31?/m0/s1. The van der Waals surface area contributed by atoms with Crippen LogP contribution in [0.3, 0.4) is 0 Å². The molecule has 5 fully saturated rings. The van der Waals surface area contributed by atoms with Crippen molar-refractivity contribution in [2.24, 2.45) is 40.5 Å². The number of rotatable bonds is 14.